The van der Waals surface area contributed by atoms with Gasteiger partial charge >= 0.3 is 12.4 Å². The molecule has 1 heterocycles. The monoisotopic (exact) mass is 447 g/mol. The number of ether oxygens (including phenoxy) is 2. The van der Waals surface area contributed by atoms with Crippen LogP contribution in [0.15, 0.2) is 23.1 Å². The third-order valence-corrected chi connectivity index (χ3v) is 5.26. The van der Waals surface area contributed by atoms with E-state index in [1.807, 2.05) is 0 Å². The van der Waals surface area contributed by atoms with Crippen LogP contribution >= 0.6 is 0 Å². The Morgan fingerprint density at radius 3 is 2.28 bits per heavy atom. The van der Waals surface area contributed by atoms with Crippen LogP contribution in [0.4, 0.5) is 26.3 Å². The fourth-order valence-electron chi connectivity index (χ4n) is 2.44. The topological polar surface area (TPSA) is 100 Å². The van der Waals surface area contributed by atoms with Crippen LogP contribution in [0.1, 0.15) is 6.42 Å². The molecule has 0 amide bonds. The first-order valence-electron chi connectivity index (χ1n) is 7.94. The lowest BCUT2D eigenvalue weighted by Crippen LogP contribution is -2.48. The number of alkyl halides is 6. The average Bonchev–Trinajstić information content (AvgIpc) is 3.05. The minimum Gasteiger partial charge on any atom is -0.484 e. The fraction of sp³-hybridized carbons (Fsp3) is 0.533. The predicted molar refractivity (Wildman–Crippen MR) is 85.7 cm³/mol. The van der Waals surface area contributed by atoms with Gasteiger partial charge in [-0.05, 0) is 25.1 Å². The van der Waals surface area contributed by atoms with Crippen molar-refractivity contribution in [1.82, 2.24) is 10.0 Å². The van der Waals surface area contributed by atoms with E-state index in [2.05, 4.69) is 19.5 Å². The van der Waals surface area contributed by atoms with Gasteiger partial charge in [-0.25, -0.2) is 8.42 Å². The van der Waals surface area contributed by atoms with Crippen molar-refractivity contribution in [3.63, 3.8) is 0 Å². The van der Waals surface area contributed by atoms with E-state index in [0.717, 1.165) is 12.1 Å². The van der Waals surface area contributed by atoms with E-state index in [9.17, 15) is 40.0 Å². The standard InChI is InChI=1S/C15H15F6N3O4S/c16-14(17,18)8-27-10-1-2-11(28-9-15(19,20)21)12(5-10)29(25,26)24-13(6-22)3-4-23-7-13/h1-2,5,23-24H,3-4,7-9H2/t13-/m0/s1. The molecule has 0 radical (unpaired) electrons. The van der Waals surface area contributed by atoms with Crippen molar-refractivity contribution in [2.45, 2.75) is 29.2 Å². The summed E-state index contributed by atoms with van der Waals surface area (Å²) in [6.07, 6.45) is -9.43. The molecule has 0 spiro atoms. The van der Waals surface area contributed by atoms with Crippen LogP contribution < -0.4 is 19.5 Å². The summed E-state index contributed by atoms with van der Waals surface area (Å²) in [4.78, 5) is -0.886. The molecule has 1 aliphatic rings. The lowest BCUT2D eigenvalue weighted by molar-refractivity contribution is -0.154. The molecule has 0 aliphatic carbocycles. The van der Waals surface area contributed by atoms with Crippen LogP contribution in [0.5, 0.6) is 11.5 Å². The van der Waals surface area contributed by atoms with Crippen molar-refractivity contribution in [1.29, 1.82) is 5.26 Å². The van der Waals surface area contributed by atoms with Crippen molar-refractivity contribution in [2.24, 2.45) is 0 Å². The summed E-state index contributed by atoms with van der Waals surface area (Å²) in [6, 6.07) is 3.98. The van der Waals surface area contributed by atoms with Crippen molar-refractivity contribution in [2.75, 3.05) is 26.3 Å². The van der Waals surface area contributed by atoms with E-state index in [0.29, 0.717) is 12.6 Å². The molecule has 29 heavy (non-hydrogen) atoms. The number of benzene rings is 1. The van der Waals surface area contributed by atoms with Gasteiger partial charge in [-0.3, -0.25) is 0 Å². The van der Waals surface area contributed by atoms with Crippen LogP contribution in [-0.4, -0.2) is 52.6 Å². The molecule has 0 unspecified atom stereocenters. The lowest BCUT2D eigenvalue weighted by Gasteiger charge is -2.22. The normalized spacial score (nSPS) is 20.3. The van der Waals surface area contributed by atoms with Gasteiger partial charge in [-0.15, -0.1) is 0 Å². The molecule has 7 nitrogen and oxygen atoms in total. The molecule has 0 saturated carbocycles. The molecule has 1 aromatic rings. The Balaban J connectivity index is 2.39. The summed E-state index contributed by atoms with van der Waals surface area (Å²) >= 11 is 0. The second-order valence-corrected chi connectivity index (χ2v) is 7.79. The Labute approximate surface area is 161 Å². The zero-order valence-electron chi connectivity index (χ0n) is 14.5. The number of nitrogens with one attached hydrogen (secondary N) is 2. The first-order chi connectivity index (χ1) is 13.3. The number of nitriles is 1. The number of nitrogens with zero attached hydrogens (tertiary/aromatic N) is 1. The number of halogens is 6. The third-order valence-electron chi connectivity index (χ3n) is 3.70. The highest BCUT2D eigenvalue weighted by molar-refractivity contribution is 7.89. The van der Waals surface area contributed by atoms with Crippen molar-refractivity contribution in [3.05, 3.63) is 18.2 Å². The van der Waals surface area contributed by atoms with Gasteiger partial charge < -0.3 is 14.8 Å². The summed E-state index contributed by atoms with van der Waals surface area (Å²) < 4.78 is 111. The highest BCUT2D eigenvalue weighted by Gasteiger charge is 2.40. The maximum absolute atomic E-state index is 12.7. The van der Waals surface area contributed by atoms with Gasteiger partial charge in [0.05, 0.1) is 6.07 Å². The minimum atomic E-state index is -4.79. The van der Waals surface area contributed by atoms with Crippen LogP contribution in [0.25, 0.3) is 0 Å². The first kappa shape index (κ1) is 23.0. The molecule has 1 aliphatic heterocycles. The molecule has 0 aromatic heterocycles. The van der Waals surface area contributed by atoms with Gasteiger partial charge in [-0.1, -0.05) is 0 Å². The van der Waals surface area contributed by atoms with Gasteiger partial charge in [-0.2, -0.15) is 36.3 Å². The maximum atomic E-state index is 12.7. The quantitative estimate of drug-likeness (QED) is 0.621. The molecule has 162 valence electrons. The molecule has 1 saturated heterocycles. The summed E-state index contributed by atoms with van der Waals surface area (Å²) in [5, 5.41) is 12.1. The van der Waals surface area contributed by atoms with Crippen molar-refractivity contribution >= 4 is 10.0 Å². The maximum Gasteiger partial charge on any atom is 0.422 e. The fourth-order valence-corrected chi connectivity index (χ4v) is 3.95. The summed E-state index contributed by atoms with van der Waals surface area (Å²) in [6.45, 7) is -3.33. The first-order valence-corrected chi connectivity index (χ1v) is 9.43. The summed E-state index contributed by atoms with van der Waals surface area (Å²) in [7, 11) is -4.65. The van der Waals surface area contributed by atoms with Gasteiger partial charge in [0, 0.05) is 12.6 Å². The second kappa shape index (κ2) is 8.25. The van der Waals surface area contributed by atoms with Crippen LogP contribution in [0, 0.1) is 11.3 Å². The van der Waals surface area contributed by atoms with Crippen molar-refractivity contribution in [3.8, 4) is 17.6 Å². The Kier molecular flexibility index (Phi) is 6.55. The summed E-state index contributed by atoms with van der Waals surface area (Å²) in [5.74, 6) is -1.31. The van der Waals surface area contributed by atoms with Crippen LogP contribution in [0.2, 0.25) is 0 Å². The van der Waals surface area contributed by atoms with E-state index in [1.54, 1.807) is 6.07 Å². The van der Waals surface area contributed by atoms with Crippen LogP contribution in [-0.2, 0) is 10.0 Å². The molecule has 2 rings (SSSR count). The number of hydrogen-bond acceptors (Lipinski definition) is 6. The Hall–Kier alpha value is -2.24. The largest absolute Gasteiger partial charge is 0.484 e. The number of sulfonamides is 1. The SMILES string of the molecule is N#C[C@@]1(NS(=O)(=O)c2cc(OCC(F)(F)F)ccc2OCC(F)(F)F)CCNC1. The molecule has 0 bridgehead atoms. The third kappa shape index (κ3) is 6.65. The van der Waals surface area contributed by atoms with Crippen LogP contribution in [0.3, 0.4) is 0 Å². The Morgan fingerprint density at radius 1 is 1.14 bits per heavy atom. The number of hydrogen-bond donors (Lipinski definition) is 2. The molecule has 1 fully saturated rings. The molecular weight excluding hydrogens is 432 g/mol. The van der Waals surface area contributed by atoms with E-state index < -0.39 is 57.5 Å². The number of rotatable bonds is 7. The van der Waals surface area contributed by atoms with E-state index in [-0.39, 0.29) is 13.0 Å². The van der Waals surface area contributed by atoms with Gasteiger partial charge in [0.15, 0.2) is 13.2 Å². The van der Waals surface area contributed by atoms with E-state index >= 15 is 0 Å². The minimum absolute atomic E-state index is 0.0638. The molecule has 14 heteroatoms. The second-order valence-electron chi connectivity index (χ2n) is 6.14. The van der Waals surface area contributed by atoms with Gasteiger partial charge in [0.2, 0.25) is 10.0 Å². The van der Waals surface area contributed by atoms with Crippen molar-refractivity contribution < 1.29 is 44.2 Å². The molecular formula is C15H15F6N3O4S. The van der Waals surface area contributed by atoms with E-state index in [1.165, 1.54) is 0 Å². The molecule has 1 aromatic carbocycles. The van der Waals surface area contributed by atoms with Gasteiger partial charge in [0.25, 0.3) is 0 Å². The van der Waals surface area contributed by atoms with Gasteiger partial charge in [0.1, 0.15) is 21.9 Å². The molecule has 2 N–H and O–H groups in total. The van der Waals surface area contributed by atoms with E-state index in [4.69, 9.17) is 0 Å². The Morgan fingerprint density at radius 2 is 1.76 bits per heavy atom. The Bertz CT molecular complexity index is 874. The highest BCUT2D eigenvalue weighted by atomic mass is 32.2. The molecule has 1 atom stereocenters. The average molecular weight is 447 g/mol. The predicted octanol–water partition coefficient (Wildman–Crippen LogP) is 2.10. The zero-order chi connectivity index (χ0) is 21.9. The lowest BCUT2D eigenvalue weighted by atomic mass is 10.0. The zero-order valence-corrected chi connectivity index (χ0v) is 15.3. The summed E-state index contributed by atoms with van der Waals surface area (Å²) in [5.41, 5.74) is -1.57. The highest BCUT2D eigenvalue weighted by Crippen LogP contribution is 2.32. The smallest absolute Gasteiger partial charge is 0.422 e.